The van der Waals surface area contributed by atoms with Crippen molar-refractivity contribution in [2.24, 2.45) is 11.3 Å². The number of hydrogen-bond donors (Lipinski definition) is 1. The highest BCUT2D eigenvalue weighted by molar-refractivity contribution is 5.72. The molecule has 2 saturated carbocycles. The van der Waals surface area contributed by atoms with Gasteiger partial charge in [0.15, 0.2) is 0 Å². The standard InChI is InChI=1S/C12H20O3/c1-2-15-11(14)9-3-5-12(6-4-9)7-10(13)8-12/h9-10,13H,2-8H2,1H3. The molecule has 0 atom stereocenters. The summed E-state index contributed by atoms with van der Waals surface area (Å²) >= 11 is 0. The van der Waals surface area contributed by atoms with Gasteiger partial charge in [-0.1, -0.05) is 0 Å². The largest absolute Gasteiger partial charge is 0.466 e. The lowest BCUT2D eigenvalue weighted by atomic mass is 9.58. The molecule has 0 radical (unpaired) electrons. The summed E-state index contributed by atoms with van der Waals surface area (Å²) in [6.07, 6.45) is 5.90. The van der Waals surface area contributed by atoms with Gasteiger partial charge in [-0.05, 0) is 50.9 Å². The Kier molecular flexibility index (Phi) is 3.01. The smallest absolute Gasteiger partial charge is 0.308 e. The maximum Gasteiger partial charge on any atom is 0.308 e. The third-order valence-electron chi connectivity index (χ3n) is 4.00. The van der Waals surface area contributed by atoms with Crippen LogP contribution in [0, 0.1) is 11.3 Å². The van der Waals surface area contributed by atoms with Crippen molar-refractivity contribution in [3.8, 4) is 0 Å². The van der Waals surface area contributed by atoms with Crippen LogP contribution in [0.3, 0.4) is 0 Å². The molecule has 15 heavy (non-hydrogen) atoms. The van der Waals surface area contributed by atoms with Crippen molar-refractivity contribution in [1.82, 2.24) is 0 Å². The minimum atomic E-state index is -0.0795. The number of carbonyl (C=O) groups excluding carboxylic acids is 1. The minimum absolute atomic E-state index is 0.0211. The number of rotatable bonds is 2. The fourth-order valence-electron chi connectivity index (χ4n) is 3.07. The van der Waals surface area contributed by atoms with E-state index in [4.69, 9.17) is 4.74 Å². The molecule has 0 aromatic rings. The summed E-state index contributed by atoms with van der Waals surface area (Å²) in [6, 6.07) is 0. The molecule has 0 aliphatic heterocycles. The molecular weight excluding hydrogens is 192 g/mol. The zero-order chi connectivity index (χ0) is 10.9. The zero-order valence-corrected chi connectivity index (χ0v) is 9.37. The lowest BCUT2D eigenvalue weighted by molar-refractivity contribution is -0.151. The van der Waals surface area contributed by atoms with Gasteiger partial charge < -0.3 is 9.84 Å². The van der Waals surface area contributed by atoms with Crippen LogP contribution in [-0.2, 0) is 9.53 Å². The Labute approximate surface area is 90.8 Å². The Morgan fingerprint density at radius 1 is 1.40 bits per heavy atom. The van der Waals surface area contributed by atoms with E-state index in [0.717, 1.165) is 38.5 Å². The molecule has 2 aliphatic rings. The fourth-order valence-corrected chi connectivity index (χ4v) is 3.07. The van der Waals surface area contributed by atoms with E-state index < -0.39 is 0 Å². The summed E-state index contributed by atoms with van der Waals surface area (Å²) < 4.78 is 5.03. The van der Waals surface area contributed by atoms with E-state index in [0.29, 0.717) is 12.0 Å². The van der Waals surface area contributed by atoms with Crippen molar-refractivity contribution in [3.05, 3.63) is 0 Å². The monoisotopic (exact) mass is 212 g/mol. The molecule has 3 nitrogen and oxygen atoms in total. The van der Waals surface area contributed by atoms with E-state index in [1.54, 1.807) is 0 Å². The minimum Gasteiger partial charge on any atom is -0.466 e. The molecule has 0 amide bonds. The molecule has 0 saturated heterocycles. The van der Waals surface area contributed by atoms with Crippen molar-refractivity contribution in [2.75, 3.05) is 6.61 Å². The summed E-state index contributed by atoms with van der Waals surface area (Å²) in [6.45, 7) is 2.34. The molecule has 0 heterocycles. The van der Waals surface area contributed by atoms with Crippen LogP contribution in [-0.4, -0.2) is 23.8 Å². The molecule has 0 aromatic heterocycles. The fraction of sp³-hybridized carbons (Fsp3) is 0.917. The summed E-state index contributed by atoms with van der Waals surface area (Å²) in [5.41, 5.74) is 0.377. The second kappa shape index (κ2) is 4.12. The van der Waals surface area contributed by atoms with Gasteiger partial charge in [0.05, 0.1) is 18.6 Å². The van der Waals surface area contributed by atoms with Crippen LogP contribution < -0.4 is 0 Å². The molecular formula is C12H20O3. The Morgan fingerprint density at radius 2 is 2.00 bits per heavy atom. The number of aliphatic hydroxyl groups excluding tert-OH is 1. The average molecular weight is 212 g/mol. The Hall–Kier alpha value is -0.570. The normalized spacial score (nSPS) is 39.9. The van der Waals surface area contributed by atoms with E-state index in [-0.39, 0.29) is 18.0 Å². The topological polar surface area (TPSA) is 46.5 Å². The molecule has 0 aromatic carbocycles. The van der Waals surface area contributed by atoms with Crippen molar-refractivity contribution in [2.45, 2.75) is 51.6 Å². The van der Waals surface area contributed by atoms with Gasteiger partial charge in [-0.3, -0.25) is 4.79 Å². The zero-order valence-electron chi connectivity index (χ0n) is 9.37. The predicted octanol–water partition coefficient (Wildman–Crippen LogP) is 1.88. The Bertz CT molecular complexity index is 233. The number of aliphatic hydroxyl groups is 1. The average Bonchev–Trinajstić information content (AvgIpc) is 2.17. The van der Waals surface area contributed by atoms with Crippen molar-refractivity contribution in [1.29, 1.82) is 0 Å². The van der Waals surface area contributed by atoms with Gasteiger partial charge >= 0.3 is 5.97 Å². The van der Waals surface area contributed by atoms with Crippen molar-refractivity contribution >= 4 is 5.97 Å². The van der Waals surface area contributed by atoms with E-state index >= 15 is 0 Å². The van der Waals surface area contributed by atoms with Crippen LogP contribution in [0.15, 0.2) is 0 Å². The van der Waals surface area contributed by atoms with Gasteiger partial charge in [-0.15, -0.1) is 0 Å². The maximum absolute atomic E-state index is 11.5. The number of carbonyl (C=O) groups is 1. The van der Waals surface area contributed by atoms with Crippen molar-refractivity contribution < 1.29 is 14.6 Å². The van der Waals surface area contributed by atoms with Crippen LogP contribution in [0.25, 0.3) is 0 Å². The third-order valence-corrected chi connectivity index (χ3v) is 4.00. The highest BCUT2D eigenvalue weighted by Gasteiger charge is 2.46. The molecule has 0 unspecified atom stereocenters. The van der Waals surface area contributed by atoms with Crippen LogP contribution >= 0.6 is 0 Å². The van der Waals surface area contributed by atoms with E-state index in [9.17, 15) is 9.90 Å². The molecule has 0 bridgehead atoms. The summed E-state index contributed by atoms with van der Waals surface area (Å²) in [5.74, 6) is 0.0977. The van der Waals surface area contributed by atoms with Crippen molar-refractivity contribution in [3.63, 3.8) is 0 Å². The predicted molar refractivity (Wildman–Crippen MR) is 56.3 cm³/mol. The van der Waals surface area contributed by atoms with E-state index in [1.165, 1.54) is 0 Å². The SMILES string of the molecule is CCOC(=O)C1CCC2(CC1)CC(O)C2. The third kappa shape index (κ3) is 2.17. The summed E-state index contributed by atoms with van der Waals surface area (Å²) in [4.78, 5) is 11.5. The summed E-state index contributed by atoms with van der Waals surface area (Å²) in [5, 5.41) is 9.33. The van der Waals surface area contributed by atoms with Gasteiger partial charge in [0.2, 0.25) is 0 Å². The Morgan fingerprint density at radius 3 is 2.47 bits per heavy atom. The van der Waals surface area contributed by atoms with Gasteiger partial charge in [0.1, 0.15) is 0 Å². The van der Waals surface area contributed by atoms with Gasteiger partial charge in [0.25, 0.3) is 0 Å². The van der Waals surface area contributed by atoms with Crippen LogP contribution in [0.1, 0.15) is 45.4 Å². The van der Waals surface area contributed by atoms with E-state index in [1.807, 2.05) is 6.92 Å². The van der Waals surface area contributed by atoms with Crippen LogP contribution in [0.5, 0.6) is 0 Å². The first-order valence-electron chi connectivity index (χ1n) is 6.00. The number of esters is 1. The molecule has 2 rings (SSSR count). The molecule has 1 N–H and O–H groups in total. The lowest BCUT2D eigenvalue weighted by Gasteiger charge is -2.49. The highest BCUT2D eigenvalue weighted by atomic mass is 16.5. The molecule has 2 fully saturated rings. The second-order valence-electron chi connectivity index (χ2n) is 5.09. The number of ether oxygens (including phenoxy) is 1. The maximum atomic E-state index is 11.5. The first kappa shape index (κ1) is 10.9. The molecule has 3 heteroatoms. The number of hydrogen-bond acceptors (Lipinski definition) is 3. The molecule has 2 aliphatic carbocycles. The first-order chi connectivity index (χ1) is 7.15. The van der Waals surface area contributed by atoms with Crippen LogP contribution in [0.4, 0.5) is 0 Å². The molecule has 1 spiro atoms. The van der Waals surface area contributed by atoms with Gasteiger partial charge in [0, 0.05) is 0 Å². The second-order valence-corrected chi connectivity index (χ2v) is 5.09. The summed E-state index contributed by atoms with van der Waals surface area (Å²) in [7, 11) is 0. The van der Waals surface area contributed by atoms with Gasteiger partial charge in [-0.25, -0.2) is 0 Å². The molecule has 86 valence electrons. The lowest BCUT2D eigenvalue weighted by Crippen LogP contribution is -2.44. The highest BCUT2D eigenvalue weighted by Crippen LogP contribution is 2.52. The first-order valence-corrected chi connectivity index (χ1v) is 6.00. The van der Waals surface area contributed by atoms with Crippen LogP contribution in [0.2, 0.25) is 0 Å². The van der Waals surface area contributed by atoms with Gasteiger partial charge in [-0.2, -0.15) is 0 Å². The quantitative estimate of drug-likeness (QED) is 0.711. The Balaban J connectivity index is 1.79. The van der Waals surface area contributed by atoms with E-state index in [2.05, 4.69) is 0 Å².